The lowest BCUT2D eigenvalue weighted by molar-refractivity contribution is -0.154. The van der Waals surface area contributed by atoms with Crippen LogP contribution >= 0.6 is 11.6 Å². The number of halogens is 1. The molecule has 0 aliphatic carbocycles. The van der Waals surface area contributed by atoms with Gasteiger partial charge in [-0.05, 0) is 12.5 Å². The molecule has 98 valence electrons. The number of aliphatic carboxylic acids is 1. The van der Waals surface area contributed by atoms with E-state index in [1.54, 1.807) is 19.1 Å². The average molecular weight is 272 g/mol. The van der Waals surface area contributed by atoms with Gasteiger partial charge in [-0.2, -0.15) is 0 Å². The topological polar surface area (TPSA) is 67.8 Å². The first-order chi connectivity index (χ1) is 8.52. The lowest BCUT2D eigenvalue weighted by atomic mass is 9.98. The molecule has 2 rings (SSSR count). The number of nitrogens with one attached hydrogen (secondary N) is 1. The van der Waals surface area contributed by atoms with Crippen LogP contribution in [0.2, 0.25) is 5.02 Å². The molecule has 1 atom stereocenters. The van der Waals surface area contributed by atoms with E-state index in [1.165, 1.54) is 7.11 Å². The Hall–Kier alpha value is -1.62. The van der Waals surface area contributed by atoms with Crippen molar-refractivity contribution in [3.63, 3.8) is 0 Å². The molecule has 1 aromatic rings. The van der Waals surface area contributed by atoms with Crippen molar-refractivity contribution < 1.29 is 19.4 Å². The van der Waals surface area contributed by atoms with E-state index in [0.717, 1.165) is 0 Å². The van der Waals surface area contributed by atoms with Crippen LogP contribution in [0, 0.1) is 0 Å². The number of ether oxygens (including phenoxy) is 2. The van der Waals surface area contributed by atoms with Crippen LogP contribution in [0.5, 0.6) is 11.5 Å². The maximum Gasteiger partial charge on any atom is 0.349 e. The molecule has 1 aromatic carbocycles. The van der Waals surface area contributed by atoms with Gasteiger partial charge in [-0.1, -0.05) is 18.5 Å². The van der Waals surface area contributed by atoms with Gasteiger partial charge >= 0.3 is 5.97 Å². The summed E-state index contributed by atoms with van der Waals surface area (Å²) in [4.78, 5) is 11.3. The van der Waals surface area contributed by atoms with E-state index < -0.39 is 11.6 Å². The lowest BCUT2D eigenvalue weighted by Crippen LogP contribution is -2.52. The summed E-state index contributed by atoms with van der Waals surface area (Å²) in [6.45, 7) is 1.97. The summed E-state index contributed by atoms with van der Waals surface area (Å²) in [5, 5.41) is 12.8. The first-order valence-electron chi connectivity index (χ1n) is 5.56. The van der Waals surface area contributed by atoms with Crippen LogP contribution < -0.4 is 14.8 Å². The molecule has 0 radical (unpaired) electrons. The summed E-state index contributed by atoms with van der Waals surface area (Å²) < 4.78 is 10.7. The predicted molar refractivity (Wildman–Crippen MR) is 67.8 cm³/mol. The zero-order chi connectivity index (χ0) is 13.3. The summed E-state index contributed by atoms with van der Waals surface area (Å²) in [7, 11) is 1.49. The minimum absolute atomic E-state index is 0.203. The van der Waals surface area contributed by atoms with E-state index >= 15 is 0 Å². The number of carboxylic acids is 1. The van der Waals surface area contributed by atoms with Gasteiger partial charge in [0.25, 0.3) is 0 Å². The Morgan fingerprint density at radius 1 is 1.67 bits per heavy atom. The van der Waals surface area contributed by atoms with Crippen LogP contribution in [0.25, 0.3) is 0 Å². The molecular formula is C12H14ClNO4. The molecule has 0 amide bonds. The van der Waals surface area contributed by atoms with Crippen LogP contribution in [-0.2, 0) is 4.79 Å². The Balaban J connectivity index is 2.42. The maximum atomic E-state index is 11.3. The monoisotopic (exact) mass is 271 g/mol. The normalized spacial score (nSPS) is 21.5. The molecule has 0 spiro atoms. The third-order valence-corrected chi connectivity index (χ3v) is 3.38. The molecule has 5 nitrogen and oxygen atoms in total. The Labute approximate surface area is 110 Å². The molecule has 0 aromatic heterocycles. The van der Waals surface area contributed by atoms with Crippen LogP contribution in [0.15, 0.2) is 12.1 Å². The van der Waals surface area contributed by atoms with Crippen molar-refractivity contribution in [1.82, 2.24) is 0 Å². The minimum atomic E-state index is -1.24. The lowest BCUT2D eigenvalue weighted by Gasteiger charge is -2.35. The fourth-order valence-electron chi connectivity index (χ4n) is 1.87. The SMILES string of the molecule is CCC1(C(=O)O)CNc2cc(Cl)c(OC)cc2O1. The average Bonchev–Trinajstić information content (AvgIpc) is 2.37. The molecule has 6 heteroatoms. The van der Waals surface area contributed by atoms with E-state index in [-0.39, 0.29) is 6.54 Å². The third-order valence-electron chi connectivity index (χ3n) is 3.08. The molecule has 1 aliphatic rings. The maximum absolute atomic E-state index is 11.3. The second-order valence-corrected chi connectivity index (χ2v) is 4.50. The molecule has 1 aliphatic heterocycles. The van der Waals surface area contributed by atoms with Crippen molar-refractivity contribution >= 4 is 23.3 Å². The Morgan fingerprint density at radius 2 is 2.39 bits per heavy atom. The number of hydrogen-bond acceptors (Lipinski definition) is 4. The van der Waals surface area contributed by atoms with Crippen molar-refractivity contribution in [2.75, 3.05) is 19.0 Å². The fraction of sp³-hybridized carbons (Fsp3) is 0.417. The van der Waals surface area contributed by atoms with Crippen molar-refractivity contribution in [2.24, 2.45) is 0 Å². The van der Waals surface area contributed by atoms with Gasteiger partial charge in [0.1, 0.15) is 11.5 Å². The quantitative estimate of drug-likeness (QED) is 0.883. The summed E-state index contributed by atoms with van der Waals surface area (Å²) in [5.41, 5.74) is -0.572. The van der Waals surface area contributed by atoms with E-state index in [1.807, 2.05) is 0 Å². The molecule has 18 heavy (non-hydrogen) atoms. The second kappa shape index (κ2) is 4.57. The molecule has 2 N–H and O–H groups in total. The highest BCUT2D eigenvalue weighted by atomic mass is 35.5. The molecule has 1 unspecified atom stereocenters. The molecule has 1 heterocycles. The number of rotatable bonds is 3. The number of hydrogen-bond donors (Lipinski definition) is 2. The van der Waals surface area contributed by atoms with Crippen molar-refractivity contribution in [3.05, 3.63) is 17.2 Å². The summed E-state index contributed by atoms with van der Waals surface area (Å²) in [6, 6.07) is 3.26. The molecule has 0 saturated heterocycles. The van der Waals surface area contributed by atoms with Crippen LogP contribution in [0.4, 0.5) is 5.69 Å². The first-order valence-corrected chi connectivity index (χ1v) is 5.94. The molecule has 0 saturated carbocycles. The Kier molecular flexibility index (Phi) is 3.26. The molecular weight excluding hydrogens is 258 g/mol. The van der Waals surface area contributed by atoms with E-state index in [0.29, 0.717) is 28.6 Å². The summed E-state index contributed by atoms with van der Waals surface area (Å²) >= 11 is 5.99. The van der Waals surface area contributed by atoms with Crippen LogP contribution in [0.1, 0.15) is 13.3 Å². The van der Waals surface area contributed by atoms with Crippen LogP contribution in [-0.4, -0.2) is 30.3 Å². The van der Waals surface area contributed by atoms with Gasteiger partial charge in [-0.25, -0.2) is 4.79 Å². The Bertz CT molecular complexity index is 491. The molecule has 0 bridgehead atoms. The second-order valence-electron chi connectivity index (χ2n) is 4.09. The van der Waals surface area contributed by atoms with Gasteiger partial charge in [0.15, 0.2) is 0 Å². The number of carboxylic acid groups (broad SMARTS) is 1. The predicted octanol–water partition coefficient (Wildman–Crippen LogP) is 2.39. The largest absolute Gasteiger partial charge is 0.495 e. The summed E-state index contributed by atoms with van der Waals surface area (Å²) in [5.74, 6) is -0.0988. The highest BCUT2D eigenvalue weighted by Crippen LogP contribution is 2.41. The summed E-state index contributed by atoms with van der Waals surface area (Å²) in [6.07, 6.45) is 0.361. The number of fused-ring (bicyclic) bond motifs is 1. The smallest absolute Gasteiger partial charge is 0.349 e. The fourth-order valence-corrected chi connectivity index (χ4v) is 2.11. The van der Waals surface area contributed by atoms with E-state index in [4.69, 9.17) is 21.1 Å². The highest BCUT2D eigenvalue weighted by Gasteiger charge is 2.42. The number of benzene rings is 1. The first kappa shape index (κ1) is 12.8. The zero-order valence-corrected chi connectivity index (χ0v) is 10.9. The van der Waals surface area contributed by atoms with Gasteiger partial charge in [0.05, 0.1) is 24.4 Å². The van der Waals surface area contributed by atoms with Crippen molar-refractivity contribution in [1.29, 1.82) is 0 Å². The third kappa shape index (κ3) is 1.95. The Morgan fingerprint density at radius 3 is 2.94 bits per heavy atom. The minimum Gasteiger partial charge on any atom is -0.495 e. The van der Waals surface area contributed by atoms with Crippen LogP contribution in [0.3, 0.4) is 0 Å². The van der Waals surface area contributed by atoms with E-state index in [2.05, 4.69) is 5.32 Å². The number of carbonyl (C=O) groups is 1. The van der Waals surface area contributed by atoms with Gasteiger partial charge in [0.2, 0.25) is 5.60 Å². The van der Waals surface area contributed by atoms with E-state index in [9.17, 15) is 9.90 Å². The van der Waals surface area contributed by atoms with Gasteiger partial charge < -0.3 is 19.9 Å². The van der Waals surface area contributed by atoms with Crippen molar-refractivity contribution in [2.45, 2.75) is 18.9 Å². The number of anilines is 1. The van der Waals surface area contributed by atoms with Crippen molar-refractivity contribution in [3.8, 4) is 11.5 Å². The number of methoxy groups -OCH3 is 1. The van der Waals surface area contributed by atoms with Gasteiger partial charge in [0, 0.05) is 6.07 Å². The standard InChI is InChI=1S/C12H14ClNO4/c1-3-12(11(15)16)6-14-8-4-7(13)9(17-2)5-10(8)18-12/h4-5,14H,3,6H2,1-2H3,(H,15,16). The van der Waals surface area contributed by atoms with Gasteiger partial charge in [-0.15, -0.1) is 0 Å². The zero-order valence-electron chi connectivity index (χ0n) is 10.1. The highest BCUT2D eigenvalue weighted by molar-refractivity contribution is 6.32. The van der Waals surface area contributed by atoms with Gasteiger partial charge in [-0.3, -0.25) is 0 Å². The molecule has 0 fully saturated rings.